The summed E-state index contributed by atoms with van der Waals surface area (Å²) in [5.74, 6) is 0.409. The summed E-state index contributed by atoms with van der Waals surface area (Å²) in [5, 5.41) is 12.1. The molecule has 18 heavy (non-hydrogen) atoms. The van der Waals surface area contributed by atoms with Crippen LogP contribution < -0.4 is 5.32 Å². The van der Waals surface area contributed by atoms with E-state index in [4.69, 9.17) is 5.26 Å². The molecule has 0 radical (unpaired) electrons. The number of piperidine rings is 1. The number of Topliss-reactive ketones (excluding diaryl/α,β-unsaturated/α-hetero) is 1. The van der Waals surface area contributed by atoms with Crippen LogP contribution in [0.3, 0.4) is 0 Å². The van der Waals surface area contributed by atoms with Crippen LogP contribution in [0.4, 0.5) is 0 Å². The third kappa shape index (κ3) is 1.90. The number of nitrogens with zero attached hydrogens (tertiary/aromatic N) is 2. The Kier molecular flexibility index (Phi) is 3.60. The van der Waals surface area contributed by atoms with E-state index in [2.05, 4.69) is 11.4 Å². The number of likely N-dealkylation sites (tertiary alicyclic amines) is 1. The zero-order chi connectivity index (χ0) is 12.0. The zero-order valence-electron chi connectivity index (χ0n) is 9.96. The normalized spacial score (nSPS) is 37.5. The molecule has 4 atom stereocenters. The smallest absolute Gasteiger partial charge is 0.241 e. The van der Waals surface area contributed by atoms with E-state index >= 15 is 0 Å². The van der Waals surface area contributed by atoms with Gasteiger partial charge in [0.2, 0.25) is 5.91 Å². The molecule has 1 N–H and O–H groups in total. The highest BCUT2D eigenvalue weighted by atomic mass is 35.5. The maximum atomic E-state index is 12.3. The van der Waals surface area contributed by atoms with E-state index in [1.165, 1.54) is 0 Å². The number of ketones is 1. The number of fused-ring (bicyclic) bond motifs is 2. The predicted molar refractivity (Wildman–Crippen MR) is 66.0 cm³/mol. The summed E-state index contributed by atoms with van der Waals surface area (Å²) in [5.41, 5.74) is 0. The maximum Gasteiger partial charge on any atom is 0.241 e. The third-order valence-corrected chi connectivity index (χ3v) is 4.19. The van der Waals surface area contributed by atoms with Crippen LogP contribution in [0.2, 0.25) is 0 Å². The minimum absolute atomic E-state index is 0. The topological polar surface area (TPSA) is 73.2 Å². The van der Waals surface area contributed by atoms with Gasteiger partial charge in [0.25, 0.3) is 0 Å². The van der Waals surface area contributed by atoms with E-state index in [-0.39, 0.29) is 48.1 Å². The van der Waals surface area contributed by atoms with Gasteiger partial charge in [0.05, 0.1) is 18.2 Å². The van der Waals surface area contributed by atoms with Crippen LogP contribution in [0.15, 0.2) is 0 Å². The fraction of sp³-hybridized carbons (Fsp3) is 0.750. The number of nitrogens with one attached hydrogen (secondary N) is 1. The summed E-state index contributed by atoms with van der Waals surface area (Å²) < 4.78 is 0. The van der Waals surface area contributed by atoms with Crippen LogP contribution in [0.5, 0.6) is 0 Å². The quantitative estimate of drug-likeness (QED) is 0.740. The van der Waals surface area contributed by atoms with Crippen molar-refractivity contribution in [2.24, 2.45) is 5.92 Å². The van der Waals surface area contributed by atoms with Crippen LogP contribution >= 0.6 is 12.4 Å². The lowest BCUT2D eigenvalue weighted by Crippen LogP contribution is -2.52. The fourth-order valence-electron chi connectivity index (χ4n) is 3.30. The second kappa shape index (κ2) is 4.87. The minimum Gasteiger partial charge on any atom is -0.325 e. The van der Waals surface area contributed by atoms with Gasteiger partial charge in [-0.05, 0) is 25.2 Å². The minimum atomic E-state index is -0.265. The highest BCUT2D eigenvalue weighted by molar-refractivity contribution is 5.93. The van der Waals surface area contributed by atoms with Crippen molar-refractivity contribution in [2.45, 2.75) is 43.8 Å². The molecule has 1 saturated carbocycles. The Hall–Kier alpha value is -1.12. The van der Waals surface area contributed by atoms with E-state index in [0.717, 1.165) is 19.3 Å². The first-order valence-corrected chi connectivity index (χ1v) is 6.19. The number of halogens is 1. The van der Waals surface area contributed by atoms with Crippen LogP contribution in [0.1, 0.15) is 25.7 Å². The lowest BCUT2D eigenvalue weighted by Gasteiger charge is -2.28. The average Bonchev–Trinajstić information content (AvgIpc) is 3.01. The Balaban J connectivity index is 0.00000120. The van der Waals surface area contributed by atoms with E-state index in [9.17, 15) is 9.59 Å². The molecule has 3 rings (SSSR count). The molecular formula is C12H16ClN3O2. The van der Waals surface area contributed by atoms with Gasteiger partial charge in [0, 0.05) is 13.0 Å². The molecule has 3 fully saturated rings. The van der Waals surface area contributed by atoms with Gasteiger partial charge in [-0.15, -0.1) is 12.4 Å². The second-order valence-electron chi connectivity index (χ2n) is 5.18. The SMILES string of the molecule is Cl.N#C[C@@H]1CCCN1C(=O)[C@H]1N[C@@H]2C[C@H]1CC2=O. The van der Waals surface area contributed by atoms with Gasteiger partial charge in [-0.1, -0.05) is 0 Å². The first kappa shape index (κ1) is 13.3. The van der Waals surface area contributed by atoms with Crippen molar-refractivity contribution in [3.63, 3.8) is 0 Å². The molecule has 0 aromatic carbocycles. The molecule has 1 amide bonds. The number of carbonyl (C=O) groups is 2. The molecule has 1 aliphatic carbocycles. The molecule has 0 unspecified atom stereocenters. The van der Waals surface area contributed by atoms with Crippen molar-refractivity contribution in [2.75, 3.05) is 6.54 Å². The number of nitriles is 1. The molecule has 6 heteroatoms. The van der Waals surface area contributed by atoms with Crippen molar-refractivity contribution >= 4 is 24.1 Å². The van der Waals surface area contributed by atoms with Crippen LogP contribution in [0.25, 0.3) is 0 Å². The Morgan fingerprint density at radius 1 is 1.50 bits per heavy atom. The maximum absolute atomic E-state index is 12.3. The van der Waals surface area contributed by atoms with Crippen LogP contribution in [0, 0.1) is 17.2 Å². The van der Waals surface area contributed by atoms with E-state index in [1.807, 2.05) is 0 Å². The highest BCUT2D eigenvalue weighted by Crippen LogP contribution is 2.34. The average molecular weight is 270 g/mol. The monoisotopic (exact) mass is 269 g/mol. The van der Waals surface area contributed by atoms with Crippen molar-refractivity contribution in [1.82, 2.24) is 10.2 Å². The molecule has 5 nitrogen and oxygen atoms in total. The Morgan fingerprint density at radius 2 is 2.28 bits per heavy atom. The van der Waals surface area contributed by atoms with Crippen LogP contribution in [-0.4, -0.2) is 41.3 Å². The molecule has 2 saturated heterocycles. The van der Waals surface area contributed by atoms with Gasteiger partial charge in [-0.3, -0.25) is 14.9 Å². The van der Waals surface area contributed by atoms with Gasteiger partial charge in [0.15, 0.2) is 0 Å². The van der Waals surface area contributed by atoms with Gasteiger partial charge in [-0.2, -0.15) is 5.26 Å². The number of hydrogen-bond acceptors (Lipinski definition) is 4. The Labute approximate surface area is 112 Å². The molecule has 2 bridgehead atoms. The zero-order valence-corrected chi connectivity index (χ0v) is 10.8. The predicted octanol–water partition coefficient (Wildman–Crippen LogP) is 0.242. The second-order valence-corrected chi connectivity index (χ2v) is 5.18. The van der Waals surface area contributed by atoms with Crippen molar-refractivity contribution in [3.05, 3.63) is 0 Å². The summed E-state index contributed by atoms with van der Waals surface area (Å²) in [6.45, 7) is 0.681. The molecule has 3 aliphatic rings. The van der Waals surface area contributed by atoms with E-state index < -0.39 is 0 Å². The molecule has 0 aromatic heterocycles. The summed E-state index contributed by atoms with van der Waals surface area (Å²) in [4.78, 5) is 25.4. The molecular weight excluding hydrogens is 254 g/mol. The number of rotatable bonds is 1. The first-order chi connectivity index (χ1) is 8.20. The standard InChI is InChI=1S/C12H15N3O2.ClH/c13-6-8-2-1-3-15(8)12(17)11-7-4-9(14-11)10(16)5-7;/h7-9,11,14H,1-5H2;1H/t7-,8-,9+,11-;/m0./s1. The Morgan fingerprint density at radius 3 is 2.83 bits per heavy atom. The van der Waals surface area contributed by atoms with Crippen molar-refractivity contribution in [3.8, 4) is 6.07 Å². The number of amides is 1. The van der Waals surface area contributed by atoms with Crippen molar-refractivity contribution < 1.29 is 9.59 Å². The van der Waals surface area contributed by atoms with E-state index in [0.29, 0.717) is 13.0 Å². The van der Waals surface area contributed by atoms with Crippen molar-refractivity contribution in [1.29, 1.82) is 5.26 Å². The van der Waals surface area contributed by atoms with Gasteiger partial charge in [-0.25, -0.2) is 0 Å². The summed E-state index contributed by atoms with van der Waals surface area (Å²) in [6, 6.07) is 1.57. The summed E-state index contributed by atoms with van der Waals surface area (Å²) in [7, 11) is 0. The molecule has 2 heterocycles. The van der Waals surface area contributed by atoms with E-state index in [1.54, 1.807) is 4.90 Å². The lowest BCUT2D eigenvalue weighted by atomic mass is 9.98. The molecule has 2 aliphatic heterocycles. The molecule has 0 aromatic rings. The first-order valence-electron chi connectivity index (χ1n) is 6.19. The largest absolute Gasteiger partial charge is 0.325 e. The van der Waals surface area contributed by atoms with Crippen LogP contribution in [-0.2, 0) is 9.59 Å². The molecule has 0 spiro atoms. The molecule has 98 valence electrons. The number of carbonyl (C=O) groups excluding carboxylic acids is 2. The van der Waals surface area contributed by atoms with Gasteiger partial charge in [0.1, 0.15) is 11.8 Å². The summed E-state index contributed by atoms with van der Waals surface area (Å²) in [6.07, 6.45) is 3.01. The van der Waals surface area contributed by atoms with Gasteiger partial charge >= 0.3 is 0 Å². The Bertz CT molecular complexity index is 420. The third-order valence-electron chi connectivity index (χ3n) is 4.19. The lowest BCUT2D eigenvalue weighted by molar-refractivity contribution is -0.135. The summed E-state index contributed by atoms with van der Waals surface area (Å²) >= 11 is 0. The van der Waals surface area contributed by atoms with Gasteiger partial charge < -0.3 is 4.90 Å². The number of hydrogen-bond donors (Lipinski definition) is 1. The highest BCUT2D eigenvalue weighted by Gasteiger charge is 2.49. The fourth-order valence-corrected chi connectivity index (χ4v) is 3.30.